The molecule has 0 aliphatic carbocycles. The SMILES string of the molecule is O=C(N/N=C\c1cc(O)c(Br)cc1Br)c1cccc(Br)c1. The van der Waals surface area contributed by atoms with Crippen molar-refractivity contribution in [1.82, 2.24) is 5.43 Å². The van der Waals surface area contributed by atoms with Crippen molar-refractivity contribution in [3.8, 4) is 5.75 Å². The number of nitrogens with zero attached hydrogens (tertiary/aromatic N) is 1. The van der Waals surface area contributed by atoms with E-state index >= 15 is 0 Å². The highest BCUT2D eigenvalue weighted by molar-refractivity contribution is 9.11. The highest BCUT2D eigenvalue weighted by Gasteiger charge is 2.06. The number of halogens is 3. The molecule has 0 aliphatic rings. The third kappa shape index (κ3) is 4.39. The number of benzene rings is 2. The fourth-order valence-electron chi connectivity index (χ4n) is 1.51. The summed E-state index contributed by atoms with van der Waals surface area (Å²) < 4.78 is 2.14. The average Bonchev–Trinajstić information content (AvgIpc) is 2.44. The second-order valence-electron chi connectivity index (χ2n) is 4.03. The molecule has 0 aliphatic heterocycles. The number of hydrogen-bond acceptors (Lipinski definition) is 3. The first kappa shape index (κ1) is 16.2. The van der Waals surface area contributed by atoms with Crippen molar-refractivity contribution in [2.75, 3.05) is 0 Å². The molecule has 108 valence electrons. The molecule has 0 unspecified atom stereocenters. The minimum absolute atomic E-state index is 0.0953. The number of hydrogen-bond donors (Lipinski definition) is 2. The number of nitrogens with one attached hydrogen (secondary N) is 1. The summed E-state index contributed by atoms with van der Waals surface area (Å²) in [4.78, 5) is 11.9. The number of phenolic OH excluding ortho intramolecular Hbond substituents is 1. The van der Waals surface area contributed by atoms with Gasteiger partial charge in [-0.05, 0) is 46.3 Å². The third-order valence-corrected chi connectivity index (χ3v) is 4.34. The summed E-state index contributed by atoms with van der Waals surface area (Å²) >= 11 is 9.86. The normalized spacial score (nSPS) is 10.8. The Bertz CT molecular complexity index is 717. The van der Waals surface area contributed by atoms with Gasteiger partial charge in [0.2, 0.25) is 0 Å². The summed E-state index contributed by atoms with van der Waals surface area (Å²) in [7, 11) is 0. The van der Waals surface area contributed by atoms with Crippen LogP contribution in [0.4, 0.5) is 0 Å². The lowest BCUT2D eigenvalue weighted by molar-refractivity contribution is 0.0955. The Morgan fingerprint density at radius 3 is 2.62 bits per heavy atom. The monoisotopic (exact) mass is 474 g/mol. The molecule has 21 heavy (non-hydrogen) atoms. The van der Waals surface area contributed by atoms with E-state index in [1.165, 1.54) is 12.3 Å². The predicted molar refractivity (Wildman–Crippen MR) is 92.7 cm³/mol. The van der Waals surface area contributed by atoms with Crippen LogP contribution >= 0.6 is 47.8 Å². The molecule has 0 saturated carbocycles. The Labute approximate surface area is 146 Å². The van der Waals surface area contributed by atoms with Crippen LogP contribution in [-0.2, 0) is 0 Å². The van der Waals surface area contributed by atoms with Crippen LogP contribution in [0.25, 0.3) is 0 Å². The number of hydrazone groups is 1. The van der Waals surface area contributed by atoms with E-state index in [1.807, 2.05) is 6.07 Å². The van der Waals surface area contributed by atoms with E-state index in [0.717, 1.165) is 8.95 Å². The fraction of sp³-hybridized carbons (Fsp3) is 0. The average molecular weight is 477 g/mol. The largest absolute Gasteiger partial charge is 0.507 e. The summed E-state index contributed by atoms with van der Waals surface area (Å²) in [5.41, 5.74) is 3.57. The molecule has 2 N–H and O–H groups in total. The van der Waals surface area contributed by atoms with Gasteiger partial charge in [-0.25, -0.2) is 5.43 Å². The number of carbonyl (C=O) groups is 1. The van der Waals surface area contributed by atoms with Crippen molar-refractivity contribution < 1.29 is 9.90 Å². The summed E-state index contributed by atoms with van der Waals surface area (Å²) in [6.07, 6.45) is 1.45. The smallest absolute Gasteiger partial charge is 0.271 e. The molecule has 2 aromatic rings. The second kappa shape index (κ2) is 7.20. The van der Waals surface area contributed by atoms with Gasteiger partial charge in [-0.3, -0.25) is 4.79 Å². The Morgan fingerprint density at radius 2 is 1.90 bits per heavy atom. The number of amides is 1. The van der Waals surface area contributed by atoms with Crippen molar-refractivity contribution in [2.45, 2.75) is 0 Å². The number of phenols is 1. The molecule has 2 rings (SSSR count). The molecule has 0 radical (unpaired) electrons. The fourth-order valence-corrected chi connectivity index (χ4v) is 3.00. The van der Waals surface area contributed by atoms with Crippen LogP contribution in [0.3, 0.4) is 0 Å². The van der Waals surface area contributed by atoms with Gasteiger partial charge in [-0.15, -0.1) is 0 Å². The molecule has 4 nitrogen and oxygen atoms in total. The van der Waals surface area contributed by atoms with Crippen molar-refractivity contribution in [2.24, 2.45) is 5.10 Å². The van der Waals surface area contributed by atoms with Crippen LogP contribution in [0.2, 0.25) is 0 Å². The van der Waals surface area contributed by atoms with Crippen LogP contribution < -0.4 is 5.43 Å². The molecule has 0 spiro atoms. The zero-order chi connectivity index (χ0) is 15.4. The molecule has 0 bridgehead atoms. The highest BCUT2D eigenvalue weighted by Crippen LogP contribution is 2.29. The van der Waals surface area contributed by atoms with Crippen LogP contribution in [0.1, 0.15) is 15.9 Å². The Morgan fingerprint density at radius 1 is 1.14 bits per heavy atom. The minimum Gasteiger partial charge on any atom is -0.507 e. The topological polar surface area (TPSA) is 61.7 Å². The van der Waals surface area contributed by atoms with Crippen molar-refractivity contribution >= 4 is 59.9 Å². The molecular weight excluding hydrogens is 468 g/mol. The molecule has 0 heterocycles. The molecule has 1 amide bonds. The van der Waals surface area contributed by atoms with Gasteiger partial charge in [0.05, 0.1) is 10.7 Å². The first-order valence-electron chi connectivity index (χ1n) is 5.74. The maximum absolute atomic E-state index is 11.9. The van der Waals surface area contributed by atoms with E-state index in [1.54, 1.807) is 24.3 Å². The maximum Gasteiger partial charge on any atom is 0.271 e. The lowest BCUT2D eigenvalue weighted by Gasteiger charge is -2.03. The molecule has 0 atom stereocenters. The Kier molecular flexibility index (Phi) is 5.55. The first-order valence-corrected chi connectivity index (χ1v) is 8.12. The van der Waals surface area contributed by atoms with Gasteiger partial charge in [-0.1, -0.05) is 37.9 Å². The lowest BCUT2D eigenvalue weighted by Crippen LogP contribution is -2.17. The molecule has 0 aromatic heterocycles. The summed E-state index contributed by atoms with van der Waals surface area (Å²) in [6.45, 7) is 0. The van der Waals surface area contributed by atoms with Gasteiger partial charge >= 0.3 is 0 Å². The van der Waals surface area contributed by atoms with Gasteiger partial charge < -0.3 is 5.11 Å². The standard InChI is InChI=1S/C14H9Br3N2O2/c15-10-3-1-2-8(4-10)14(21)19-18-7-9-5-13(20)12(17)6-11(9)16/h1-7,20H,(H,19,21)/b18-7-. The second-order valence-corrected chi connectivity index (χ2v) is 6.66. The molecule has 0 fully saturated rings. The van der Waals surface area contributed by atoms with Crippen LogP contribution in [-0.4, -0.2) is 17.2 Å². The van der Waals surface area contributed by atoms with E-state index in [9.17, 15) is 9.90 Å². The van der Waals surface area contributed by atoms with E-state index < -0.39 is 0 Å². The van der Waals surface area contributed by atoms with Gasteiger partial charge in [0.25, 0.3) is 5.91 Å². The van der Waals surface area contributed by atoms with E-state index in [0.29, 0.717) is 15.6 Å². The zero-order valence-corrected chi connectivity index (χ0v) is 15.2. The zero-order valence-electron chi connectivity index (χ0n) is 10.5. The third-order valence-electron chi connectivity index (χ3n) is 2.52. The van der Waals surface area contributed by atoms with Gasteiger partial charge in [0, 0.05) is 20.1 Å². The van der Waals surface area contributed by atoms with E-state index in [4.69, 9.17) is 0 Å². The Hall–Kier alpha value is -1.18. The molecule has 7 heteroatoms. The highest BCUT2D eigenvalue weighted by atomic mass is 79.9. The van der Waals surface area contributed by atoms with E-state index in [2.05, 4.69) is 58.3 Å². The van der Waals surface area contributed by atoms with Crippen LogP contribution in [0, 0.1) is 0 Å². The Balaban J connectivity index is 2.09. The van der Waals surface area contributed by atoms with Crippen LogP contribution in [0.15, 0.2) is 54.9 Å². The minimum atomic E-state index is -0.315. The van der Waals surface area contributed by atoms with Gasteiger partial charge in [-0.2, -0.15) is 5.10 Å². The van der Waals surface area contributed by atoms with Crippen molar-refractivity contribution in [1.29, 1.82) is 0 Å². The predicted octanol–water partition coefficient (Wildman–Crippen LogP) is 4.44. The molecule has 0 saturated heterocycles. The number of carbonyl (C=O) groups excluding carboxylic acids is 1. The van der Waals surface area contributed by atoms with Crippen molar-refractivity contribution in [3.05, 3.63) is 60.9 Å². The lowest BCUT2D eigenvalue weighted by atomic mass is 10.2. The number of aromatic hydroxyl groups is 1. The summed E-state index contributed by atoms with van der Waals surface area (Å²) in [5.74, 6) is -0.219. The molecular formula is C14H9Br3N2O2. The van der Waals surface area contributed by atoms with Gasteiger partial charge in [0.1, 0.15) is 5.75 Å². The summed E-state index contributed by atoms with van der Waals surface area (Å²) in [6, 6.07) is 10.2. The first-order chi connectivity index (χ1) is 9.97. The quantitative estimate of drug-likeness (QED) is 0.508. The maximum atomic E-state index is 11.9. The van der Waals surface area contributed by atoms with Gasteiger partial charge in [0.15, 0.2) is 0 Å². The van der Waals surface area contributed by atoms with E-state index in [-0.39, 0.29) is 11.7 Å². The molecule has 2 aromatic carbocycles. The number of rotatable bonds is 3. The summed E-state index contributed by atoms with van der Waals surface area (Å²) in [5, 5.41) is 13.5. The van der Waals surface area contributed by atoms with Crippen molar-refractivity contribution in [3.63, 3.8) is 0 Å². The van der Waals surface area contributed by atoms with Crippen LogP contribution in [0.5, 0.6) is 5.75 Å².